The standard InChI is InChI=1S/C18H23N3O3/c1-11(2)8-14-17(23)20(18(24)19-14)10-16(22)21-12(3)9-13-6-4-5-7-15(13)21/h4-7,11-12,14H,8-10H2,1-3H3,(H,19,24)/t12-,14-/m1/s1. The Morgan fingerprint density at radius 2 is 2.00 bits per heavy atom. The summed E-state index contributed by atoms with van der Waals surface area (Å²) in [4.78, 5) is 40.0. The first kappa shape index (κ1) is 16.5. The number of amides is 4. The molecule has 1 N–H and O–H groups in total. The van der Waals surface area contributed by atoms with Crippen LogP contribution in [0.5, 0.6) is 0 Å². The maximum atomic E-state index is 12.7. The summed E-state index contributed by atoms with van der Waals surface area (Å²) in [5.74, 6) is -0.233. The summed E-state index contributed by atoms with van der Waals surface area (Å²) in [6.07, 6.45) is 1.37. The quantitative estimate of drug-likeness (QED) is 0.858. The monoisotopic (exact) mass is 329 g/mol. The molecule has 2 heterocycles. The molecular formula is C18H23N3O3. The van der Waals surface area contributed by atoms with Gasteiger partial charge < -0.3 is 10.2 Å². The van der Waals surface area contributed by atoms with E-state index in [2.05, 4.69) is 5.32 Å². The number of hydrogen-bond acceptors (Lipinski definition) is 3. The number of fused-ring (bicyclic) bond motifs is 1. The number of rotatable bonds is 4. The molecule has 24 heavy (non-hydrogen) atoms. The molecular weight excluding hydrogens is 306 g/mol. The number of imide groups is 1. The fraction of sp³-hybridized carbons (Fsp3) is 0.500. The van der Waals surface area contributed by atoms with Gasteiger partial charge >= 0.3 is 6.03 Å². The minimum absolute atomic E-state index is 0.0297. The lowest BCUT2D eigenvalue weighted by Crippen LogP contribution is -2.45. The molecule has 0 aliphatic carbocycles. The van der Waals surface area contributed by atoms with Crippen molar-refractivity contribution in [2.75, 3.05) is 11.4 Å². The summed E-state index contributed by atoms with van der Waals surface area (Å²) < 4.78 is 0. The van der Waals surface area contributed by atoms with Crippen molar-refractivity contribution in [3.8, 4) is 0 Å². The highest BCUT2D eigenvalue weighted by molar-refractivity contribution is 6.08. The first-order valence-corrected chi connectivity index (χ1v) is 8.40. The van der Waals surface area contributed by atoms with E-state index in [1.165, 1.54) is 0 Å². The lowest BCUT2D eigenvalue weighted by Gasteiger charge is -2.24. The minimum Gasteiger partial charge on any atom is -0.326 e. The average Bonchev–Trinajstić information content (AvgIpc) is 2.97. The van der Waals surface area contributed by atoms with E-state index in [-0.39, 0.29) is 24.4 Å². The Bertz CT molecular complexity index is 686. The summed E-state index contributed by atoms with van der Waals surface area (Å²) in [5.41, 5.74) is 1.99. The van der Waals surface area contributed by atoms with Gasteiger partial charge in [0.1, 0.15) is 12.6 Å². The predicted octanol–water partition coefficient (Wildman–Crippen LogP) is 1.93. The van der Waals surface area contributed by atoms with Gasteiger partial charge in [0.15, 0.2) is 0 Å². The average molecular weight is 329 g/mol. The highest BCUT2D eigenvalue weighted by Crippen LogP contribution is 2.32. The summed E-state index contributed by atoms with van der Waals surface area (Å²) in [5, 5.41) is 2.68. The van der Waals surface area contributed by atoms with Crippen molar-refractivity contribution in [1.29, 1.82) is 0 Å². The number of urea groups is 1. The van der Waals surface area contributed by atoms with E-state index >= 15 is 0 Å². The lowest BCUT2D eigenvalue weighted by atomic mass is 10.0. The number of carbonyl (C=O) groups excluding carboxylic acids is 3. The van der Waals surface area contributed by atoms with Gasteiger partial charge in [0, 0.05) is 11.7 Å². The van der Waals surface area contributed by atoms with Gasteiger partial charge in [-0.3, -0.25) is 14.5 Å². The third-order valence-electron chi connectivity index (χ3n) is 4.58. The highest BCUT2D eigenvalue weighted by Gasteiger charge is 2.41. The Morgan fingerprint density at radius 3 is 2.71 bits per heavy atom. The van der Waals surface area contributed by atoms with Crippen molar-refractivity contribution in [1.82, 2.24) is 10.2 Å². The molecule has 1 aromatic carbocycles. The van der Waals surface area contributed by atoms with Crippen LogP contribution in [0.1, 0.15) is 32.8 Å². The molecule has 0 unspecified atom stereocenters. The number of para-hydroxylation sites is 1. The topological polar surface area (TPSA) is 69.7 Å². The molecule has 2 atom stereocenters. The summed E-state index contributed by atoms with van der Waals surface area (Å²) in [6.45, 7) is 5.76. The van der Waals surface area contributed by atoms with E-state index in [1.54, 1.807) is 4.90 Å². The third kappa shape index (κ3) is 2.88. The molecule has 6 nitrogen and oxygen atoms in total. The van der Waals surface area contributed by atoms with Gasteiger partial charge in [0.25, 0.3) is 5.91 Å². The number of carbonyl (C=O) groups is 3. The number of benzene rings is 1. The largest absolute Gasteiger partial charge is 0.326 e. The van der Waals surface area contributed by atoms with E-state index in [9.17, 15) is 14.4 Å². The van der Waals surface area contributed by atoms with Gasteiger partial charge in [-0.2, -0.15) is 0 Å². The second-order valence-corrected chi connectivity index (χ2v) is 7.00. The summed E-state index contributed by atoms with van der Waals surface area (Å²) in [6, 6.07) is 6.79. The van der Waals surface area contributed by atoms with Gasteiger partial charge in [-0.05, 0) is 37.3 Å². The third-order valence-corrected chi connectivity index (χ3v) is 4.58. The molecule has 2 aliphatic rings. The van der Waals surface area contributed by atoms with Crippen molar-refractivity contribution >= 4 is 23.5 Å². The Labute approximate surface area is 141 Å². The van der Waals surface area contributed by atoms with E-state index in [0.717, 1.165) is 22.6 Å². The zero-order chi connectivity index (χ0) is 17.4. The summed E-state index contributed by atoms with van der Waals surface area (Å²) in [7, 11) is 0. The molecule has 0 radical (unpaired) electrons. The van der Waals surface area contributed by atoms with Crippen LogP contribution in [0.25, 0.3) is 0 Å². The molecule has 0 saturated carbocycles. The number of nitrogens with one attached hydrogen (secondary N) is 1. The molecule has 1 saturated heterocycles. The Morgan fingerprint density at radius 1 is 1.29 bits per heavy atom. The van der Waals surface area contributed by atoms with Crippen LogP contribution < -0.4 is 10.2 Å². The van der Waals surface area contributed by atoms with Gasteiger partial charge in [0.2, 0.25) is 5.91 Å². The van der Waals surface area contributed by atoms with Gasteiger partial charge in [-0.15, -0.1) is 0 Å². The minimum atomic E-state index is -0.520. The number of hydrogen-bond donors (Lipinski definition) is 1. The SMILES string of the molecule is CC(C)C[C@H]1NC(=O)N(CC(=O)N2c3ccccc3C[C@H]2C)C1=O. The molecule has 3 rings (SSSR count). The molecule has 1 aromatic rings. The fourth-order valence-electron chi connectivity index (χ4n) is 3.51. The molecule has 2 aliphatic heterocycles. The van der Waals surface area contributed by atoms with Crippen LogP contribution in [0.3, 0.4) is 0 Å². The molecule has 0 spiro atoms. The zero-order valence-electron chi connectivity index (χ0n) is 14.3. The predicted molar refractivity (Wildman–Crippen MR) is 90.6 cm³/mol. The van der Waals surface area contributed by atoms with Crippen LogP contribution >= 0.6 is 0 Å². The lowest BCUT2D eigenvalue weighted by molar-refractivity contribution is -0.131. The second-order valence-electron chi connectivity index (χ2n) is 7.00. The van der Waals surface area contributed by atoms with E-state index in [4.69, 9.17) is 0 Å². The highest BCUT2D eigenvalue weighted by atomic mass is 16.2. The molecule has 0 bridgehead atoms. The van der Waals surface area contributed by atoms with Crippen LogP contribution in [0.2, 0.25) is 0 Å². The van der Waals surface area contributed by atoms with Gasteiger partial charge in [0.05, 0.1) is 0 Å². The Kier molecular flexibility index (Phi) is 4.30. The van der Waals surface area contributed by atoms with Crippen LogP contribution in [-0.4, -0.2) is 41.4 Å². The molecule has 4 amide bonds. The van der Waals surface area contributed by atoms with Crippen molar-refractivity contribution < 1.29 is 14.4 Å². The molecule has 128 valence electrons. The van der Waals surface area contributed by atoms with Crippen molar-refractivity contribution in [2.45, 2.75) is 45.7 Å². The fourth-order valence-corrected chi connectivity index (χ4v) is 3.51. The van der Waals surface area contributed by atoms with Crippen molar-refractivity contribution in [3.05, 3.63) is 29.8 Å². The van der Waals surface area contributed by atoms with E-state index in [1.807, 2.05) is 45.0 Å². The second kappa shape index (κ2) is 6.26. The van der Waals surface area contributed by atoms with E-state index in [0.29, 0.717) is 12.3 Å². The molecule has 6 heteroatoms. The smallest absolute Gasteiger partial charge is 0.325 e. The first-order valence-electron chi connectivity index (χ1n) is 8.40. The van der Waals surface area contributed by atoms with Crippen molar-refractivity contribution in [3.63, 3.8) is 0 Å². The molecule has 1 fully saturated rings. The number of nitrogens with zero attached hydrogens (tertiary/aromatic N) is 2. The molecule has 0 aromatic heterocycles. The number of anilines is 1. The first-order chi connectivity index (χ1) is 11.4. The van der Waals surface area contributed by atoms with Crippen LogP contribution in [0.15, 0.2) is 24.3 Å². The van der Waals surface area contributed by atoms with Gasteiger partial charge in [-0.25, -0.2) is 4.79 Å². The van der Waals surface area contributed by atoms with E-state index < -0.39 is 12.1 Å². The summed E-state index contributed by atoms with van der Waals surface area (Å²) >= 11 is 0. The maximum absolute atomic E-state index is 12.7. The van der Waals surface area contributed by atoms with Crippen LogP contribution in [0.4, 0.5) is 10.5 Å². The zero-order valence-corrected chi connectivity index (χ0v) is 14.3. The Hall–Kier alpha value is -2.37. The van der Waals surface area contributed by atoms with Crippen LogP contribution in [-0.2, 0) is 16.0 Å². The van der Waals surface area contributed by atoms with Crippen LogP contribution in [0, 0.1) is 5.92 Å². The van der Waals surface area contributed by atoms with Crippen molar-refractivity contribution in [2.24, 2.45) is 5.92 Å². The Balaban J connectivity index is 1.73. The normalized spacial score (nSPS) is 23.0. The maximum Gasteiger partial charge on any atom is 0.325 e. The van der Waals surface area contributed by atoms with Gasteiger partial charge in [-0.1, -0.05) is 32.0 Å².